The second-order valence-electron chi connectivity index (χ2n) is 6.34. The van der Waals surface area contributed by atoms with Crippen LogP contribution >= 0.6 is 0 Å². The van der Waals surface area contributed by atoms with Gasteiger partial charge in [0.15, 0.2) is 0 Å². The summed E-state index contributed by atoms with van der Waals surface area (Å²) >= 11 is 0. The molecule has 1 N–H and O–H groups in total. The quantitative estimate of drug-likeness (QED) is 0.923. The van der Waals surface area contributed by atoms with E-state index in [4.69, 9.17) is 0 Å². The molecule has 2 aromatic rings. The predicted octanol–water partition coefficient (Wildman–Crippen LogP) is 3.30. The van der Waals surface area contributed by atoms with Crippen LogP contribution in [0.3, 0.4) is 0 Å². The number of hydrogen-bond donors (Lipinski definition) is 1. The maximum atomic E-state index is 12.7. The number of nitrogens with zero attached hydrogens (tertiary/aromatic N) is 1. The molecule has 0 spiro atoms. The van der Waals surface area contributed by atoms with Crippen LogP contribution in [0.1, 0.15) is 57.2 Å². The standard InChI is InChI=1S/C19H20N2O/c1-12-4-2-5-14-13(12)8-9-18(14)21-19(22)16-10-11-20-17-7-3-6-15(16)17/h2,4-5,10-11,18H,3,6-9H2,1H3,(H,21,22). The Morgan fingerprint density at radius 3 is 3.00 bits per heavy atom. The summed E-state index contributed by atoms with van der Waals surface area (Å²) in [5, 5.41) is 3.24. The minimum absolute atomic E-state index is 0.0555. The Morgan fingerprint density at radius 2 is 2.09 bits per heavy atom. The van der Waals surface area contributed by atoms with Gasteiger partial charge in [-0.15, -0.1) is 0 Å². The average Bonchev–Trinajstić information content (AvgIpc) is 3.14. The van der Waals surface area contributed by atoms with Crippen molar-refractivity contribution >= 4 is 5.91 Å². The first-order chi connectivity index (χ1) is 10.7. The molecule has 1 atom stereocenters. The van der Waals surface area contributed by atoms with Crippen molar-refractivity contribution in [2.75, 3.05) is 0 Å². The number of benzene rings is 1. The van der Waals surface area contributed by atoms with E-state index in [1.165, 1.54) is 16.7 Å². The lowest BCUT2D eigenvalue weighted by molar-refractivity contribution is 0.0935. The van der Waals surface area contributed by atoms with Gasteiger partial charge in [0.1, 0.15) is 0 Å². The molecule has 3 heteroatoms. The summed E-state index contributed by atoms with van der Waals surface area (Å²) in [6.07, 6.45) is 6.92. The van der Waals surface area contributed by atoms with E-state index in [0.717, 1.165) is 48.9 Å². The molecular formula is C19H20N2O. The van der Waals surface area contributed by atoms with Crippen LogP contribution in [0.4, 0.5) is 0 Å². The van der Waals surface area contributed by atoms with Gasteiger partial charge < -0.3 is 5.32 Å². The lowest BCUT2D eigenvalue weighted by Gasteiger charge is -2.16. The Hall–Kier alpha value is -2.16. The van der Waals surface area contributed by atoms with E-state index in [1.807, 2.05) is 6.07 Å². The van der Waals surface area contributed by atoms with Gasteiger partial charge in [-0.05, 0) is 67.3 Å². The van der Waals surface area contributed by atoms with Crippen LogP contribution in [0.2, 0.25) is 0 Å². The molecule has 4 rings (SSSR count). The highest BCUT2D eigenvalue weighted by molar-refractivity contribution is 5.96. The number of amides is 1. The highest BCUT2D eigenvalue weighted by atomic mass is 16.1. The average molecular weight is 292 g/mol. The van der Waals surface area contributed by atoms with E-state index in [0.29, 0.717) is 0 Å². The molecule has 3 nitrogen and oxygen atoms in total. The molecule has 1 unspecified atom stereocenters. The smallest absolute Gasteiger partial charge is 0.252 e. The summed E-state index contributed by atoms with van der Waals surface area (Å²) in [6, 6.07) is 8.40. The summed E-state index contributed by atoms with van der Waals surface area (Å²) in [5.41, 5.74) is 7.12. The van der Waals surface area contributed by atoms with Crippen LogP contribution in [0.15, 0.2) is 30.5 Å². The van der Waals surface area contributed by atoms with E-state index >= 15 is 0 Å². The minimum Gasteiger partial charge on any atom is -0.345 e. The van der Waals surface area contributed by atoms with Crippen molar-refractivity contribution in [3.8, 4) is 0 Å². The molecular weight excluding hydrogens is 272 g/mol. The maximum Gasteiger partial charge on any atom is 0.252 e. The van der Waals surface area contributed by atoms with Crippen molar-refractivity contribution in [2.45, 2.75) is 45.1 Å². The Kier molecular flexibility index (Phi) is 3.21. The largest absolute Gasteiger partial charge is 0.345 e. The zero-order chi connectivity index (χ0) is 15.1. The van der Waals surface area contributed by atoms with Gasteiger partial charge in [0.2, 0.25) is 0 Å². The number of nitrogens with one attached hydrogen (secondary N) is 1. The first kappa shape index (κ1) is 13.5. The topological polar surface area (TPSA) is 42.0 Å². The Bertz CT molecular complexity index is 751. The number of carbonyl (C=O) groups excluding carboxylic acids is 1. The second-order valence-corrected chi connectivity index (χ2v) is 6.34. The van der Waals surface area contributed by atoms with Crippen molar-refractivity contribution in [2.24, 2.45) is 0 Å². The molecule has 1 amide bonds. The third-order valence-corrected chi connectivity index (χ3v) is 5.04. The molecule has 112 valence electrons. The Morgan fingerprint density at radius 1 is 1.18 bits per heavy atom. The van der Waals surface area contributed by atoms with Gasteiger partial charge in [-0.2, -0.15) is 0 Å². The minimum atomic E-state index is 0.0555. The molecule has 22 heavy (non-hydrogen) atoms. The molecule has 0 bridgehead atoms. The van der Waals surface area contributed by atoms with Crippen LogP contribution in [0.5, 0.6) is 0 Å². The summed E-state index contributed by atoms with van der Waals surface area (Å²) < 4.78 is 0. The molecule has 0 saturated carbocycles. The van der Waals surface area contributed by atoms with Crippen LogP contribution < -0.4 is 5.32 Å². The van der Waals surface area contributed by atoms with Gasteiger partial charge in [0.25, 0.3) is 5.91 Å². The zero-order valence-corrected chi connectivity index (χ0v) is 12.9. The van der Waals surface area contributed by atoms with Gasteiger partial charge >= 0.3 is 0 Å². The van der Waals surface area contributed by atoms with Gasteiger partial charge in [0, 0.05) is 17.5 Å². The number of aromatic nitrogens is 1. The first-order valence-electron chi connectivity index (χ1n) is 8.10. The van der Waals surface area contributed by atoms with E-state index in [1.54, 1.807) is 6.20 Å². The number of rotatable bonds is 2. The van der Waals surface area contributed by atoms with Crippen LogP contribution in [0.25, 0.3) is 0 Å². The Balaban J connectivity index is 1.60. The summed E-state index contributed by atoms with van der Waals surface area (Å²) in [4.78, 5) is 17.1. The number of pyridine rings is 1. The molecule has 0 aliphatic heterocycles. The van der Waals surface area contributed by atoms with Gasteiger partial charge in [-0.1, -0.05) is 18.2 Å². The van der Waals surface area contributed by atoms with Gasteiger partial charge in [-0.3, -0.25) is 9.78 Å². The molecule has 0 fully saturated rings. The van der Waals surface area contributed by atoms with Crippen LogP contribution in [-0.4, -0.2) is 10.9 Å². The predicted molar refractivity (Wildman–Crippen MR) is 86.0 cm³/mol. The molecule has 0 radical (unpaired) electrons. The highest BCUT2D eigenvalue weighted by Gasteiger charge is 2.27. The van der Waals surface area contributed by atoms with E-state index < -0.39 is 0 Å². The monoisotopic (exact) mass is 292 g/mol. The maximum absolute atomic E-state index is 12.7. The van der Waals surface area contributed by atoms with Crippen molar-refractivity contribution in [1.29, 1.82) is 0 Å². The number of aryl methyl sites for hydroxylation is 2. The fourth-order valence-electron chi connectivity index (χ4n) is 3.90. The van der Waals surface area contributed by atoms with Gasteiger partial charge in [-0.25, -0.2) is 0 Å². The van der Waals surface area contributed by atoms with Crippen LogP contribution in [0, 0.1) is 6.92 Å². The number of carbonyl (C=O) groups is 1. The van der Waals surface area contributed by atoms with Crippen molar-refractivity contribution in [3.05, 3.63) is 64.0 Å². The van der Waals surface area contributed by atoms with E-state index in [-0.39, 0.29) is 11.9 Å². The SMILES string of the molecule is Cc1cccc2c1CCC2NC(=O)c1ccnc2c1CCC2. The highest BCUT2D eigenvalue weighted by Crippen LogP contribution is 2.33. The summed E-state index contributed by atoms with van der Waals surface area (Å²) in [6.45, 7) is 2.15. The van der Waals surface area contributed by atoms with E-state index in [2.05, 4.69) is 35.4 Å². The van der Waals surface area contributed by atoms with Crippen molar-refractivity contribution in [3.63, 3.8) is 0 Å². The summed E-state index contributed by atoms with van der Waals surface area (Å²) in [7, 11) is 0. The fourth-order valence-corrected chi connectivity index (χ4v) is 3.90. The molecule has 0 saturated heterocycles. The third-order valence-electron chi connectivity index (χ3n) is 5.04. The molecule has 1 heterocycles. The lowest BCUT2D eigenvalue weighted by atomic mass is 10.0. The summed E-state index contributed by atoms with van der Waals surface area (Å²) in [5.74, 6) is 0.0555. The van der Waals surface area contributed by atoms with Crippen molar-refractivity contribution < 1.29 is 4.79 Å². The normalized spacial score (nSPS) is 18.9. The van der Waals surface area contributed by atoms with Crippen LogP contribution in [-0.2, 0) is 19.3 Å². The second kappa shape index (κ2) is 5.24. The van der Waals surface area contributed by atoms with Gasteiger partial charge in [0.05, 0.1) is 6.04 Å². The first-order valence-corrected chi connectivity index (χ1v) is 8.10. The zero-order valence-electron chi connectivity index (χ0n) is 12.9. The molecule has 2 aliphatic carbocycles. The number of fused-ring (bicyclic) bond motifs is 2. The van der Waals surface area contributed by atoms with Crippen molar-refractivity contribution in [1.82, 2.24) is 10.3 Å². The number of hydrogen-bond acceptors (Lipinski definition) is 2. The lowest BCUT2D eigenvalue weighted by Crippen LogP contribution is -2.28. The molecule has 1 aromatic heterocycles. The Labute approximate surface area is 130 Å². The van der Waals surface area contributed by atoms with E-state index in [9.17, 15) is 4.79 Å². The molecule has 2 aliphatic rings. The fraction of sp³-hybridized carbons (Fsp3) is 0.368. The molecule has 1 aromatic carbocycles. The third kappa shape index (κ3) is 2.12.